The molecule has 1 atom stereocenters. The first-order valence-corrected chi connectivity index (χ1v) is 6.07. The highest BCUT2D eigenvalue weighted by molar-refractivity contribution is 5.34. The normalized spacial score (nSPS) is 20.4. The van der Waals surface area contributed by atoms with Crippen molar-refractivity contribution < 1.29 is 14.1 Å². The number of morpholine rings is 1. The van der Waals surface area contributed by atoms with Gasteiger partial charge in [-0.05, 0) is 11.6 Å². The van der Waals surface area contributed by atoms with E-state index in [4.69, 9.17) is 10.5 Å². The standard InChI is InChI=1S/C12H16FN3O3/c13-11-5-9(1-2-12(11)16(17)18)7-15-3-4-19-10(6-14)8-15/h1-2,5,10H,3-4,6-8,14H2. The van der Waals surface area contributed by atoms with Gasteiger partial charge in [-0.1, -0.05) is 6.07 Å². The Bertz CT molecular complexity index is 470. The summed E-state index contributed by atoms with van der Waals surface area (Å²) < 4.78 is 18.9. The van der Waals surface area contributed by atoms with E-state index in [2.05, 4.69) is 4.90 Å². The molecule has 1 aliphatic heterocycles. The van der Waals surface area contributed by atoms with E-state index in [0.29, 0.717) is 31.8 Å². The number of rotatable bonds is 4. The monoisotopic (exact) mass is 269 g/mol. The van der Waals surface area contributed by atoms with Crippen LogP contribution in [0, 0.1) is 15.9 Å². The minimum Gasteiger partial charge on any atom is -0.374 e. The molecule has 1 unspecified atom stereocenters. The Balaban J connectivity index is 2.03. The van der Waals surface area contributed by atoms with Crippen LogP contribution in [0.2, 0.25) is 0 Å². The molecule has 6 nitrogen and oxygen atoms in total. The second-order valence-electron chi connectivity index (χ2n) is 4.51. The number of halogens is 1. The lowest BCUT2D eigenvalue weighted by Gasteiger charge is -2.32. The molecule has 1 saturated heterocycles. The van der Waals surface area contributed by atoms with Crippen LogP contribution in [0.4, 0.5) is 10.1 Å². The highest BCUT2D eigenvalue weighted by atomic mass is 19.1. The third kappa shape index (κ3) is 3.46. The zero-order chi connectivity index (χ0) is 13.8. The van der Waals surface area contributed by atoms with Crippen LogP contribution in [0.15, 0.2) is 18.2 Å². The molecule has 2 rings (SSSR count). The molecule has 19 heavy (non-hydrogen) atoms. The minimum absolute atomic E-state index is 0.00311. The lowest BCUT2D eigenvalue weighted by molar-refractivity contribution is -0.387. The van der Waals surface area contributed by atoms with Gasteiger partial charge >= 0.3 is 5.69 Å². The number of ether oxygens (including phenoxy) is 1. The van der Waals surface area contributed by atoms with Gasteiger partial charge in [0.15, 0.2) is 0 Å². The number of nitro groups is 1. The molecular formula is C12H16FN3O3. The van der Waals surface area contributed by atoms with Gasteiger partial charge in [-0.2, -0.15) is 4.39 Å². The smallest absolute Gasteiger partial charge is 0.304 e. The largest absolute Gasteiger partial charge is 0.374 e. The SMILES string of the molecule is NCC1CN(Cc2ccc([N+](=O)[O-])c(F)c2)CCO1. The third-order valence-corrected chi connectivity index (χ3v) is 3.10. The fourth-order valence-electron chi connectivity index (χ4n) is 2.12. The van der Waals surface area contributed by atoms with Crippen LogP contribution >= 0.6 is 0 Å². The molecule has 0 aliphatic carbocycles. The molecule has 0 saturated carbocycles. The van der Waals surface area contributed by atoms with E-state index in [-0.39, 0.29) is 6.10 Å². The summed E-state index contributed by atoms with van der Waals surface area (Å²) in [4.78, 5) is 11.9. The fraction of sp³-hybridized carbons (Fsp3) is 0.500. The number of nitro benzene ring substituents is 1. The molecule has 1 aromatic rings. The topological polar surface area (TPSA) is 81.6 Å². The van der Waals surface area contributed by atoms with Gasteiger partial charge in [0.25, 0.3) is 0 Å². The zero-order valence-electron chi connectivity index (χ0n) is 10.4. The highest BCUT2D eigenvalue weighted by Crippen LogP contribution is 2.19. The van der Waals surface area contributed by atoms with E-state index in [1.807, 2.05) is 0 Å². The van der Waals surface area contributed by atoms with Gasteiger partial charge < -0.3 is 10.5 Å². The highest BCUT2D eigenvalue weighted by Gasteiger charge is 2.20. The Morgan fingerprint density at radius 1 is 1.58 bits per heavy atom. The molecule has 104 valence electrons. The van der Waals surface area contributed by atoms with Gasteiger partial charge in [0.05, 0.1) is 17.6 Å². The molecule has 1 aromatic carbocycles. The second kappa shape index (κ2) is 6.05. The first kappa shape index (κ1) is 13.9. The van der Waals surface area contributed by atoms with E-state index < -0.39 is 16.4 Å². The molecule has 2 N–H and O–H groups in total. The van der Waals surface area contributed by atoms with Gasteiger partial charge in [-0.15, -0.1) is 0 Å². The van der Waals surface area contributed by atoms with Crippen molar-refractivity contribution in [3.8, 4) is 0 Å². The van der Waals surface area contributed by atoms with Crippen molar-refractivity contribution in [1.82, 2.24) is 4.90 Å². The maximum absolute atomic E-state index is 13.5. The molecule has 7 heteroatoms. The van der Waals surface area contributed by atoms with Crippen molar-refractivity contribution in [3.63, 3.8) is 0 Å². The Morgan fingerprint density at radius 2 is 2.37 bits per heavy atom. The van der Waals surface area contributed by atoms with Crippen LogP contribution in [0.5, 0.6) is 0 Å². The Labute approximate surface area is 110 Å². The van der Waals surface area contributed by atoms with Gasteiger partial charge in [0, 0.05) is 32.2 Å². The summed E-state index contributed by atoms with van der Waals surface area (Å²) >= 11 is 0. The Kier molecular flexibility index (Phi) is 4.41. The number of nitrogens with two attached hydrogens (primary N) is 1. The van der Waals surface area contributed by atoms with Crippen LogP contribution in [0.3, 0.4) is 0 Å². The summed E-state index contributed by atoms with van der Waals surface area (Å²) in [7, 11) is 0. The number of nitrogens with zero attached hydrogens (tertiary/aromatic N) is 2. The van der Waals surface area contributed by atoms with Crippen LogP contribution in [0.25, 0.3) is 0 Å². The lowest BCUT2D eigenvalue weighted by atomic mass is 10.1. The molecule has 1 fully saturated rings. The summed E-state index contributed by atoms with van der Waals surface area (Å²) in [5.41, 5.74) is 5.76. The molecule has 0 spiro atoms. The fourth-order valence-corrected chi connectivity index (χ4v) is 2.12. The molecule has 1 heterocycles. The summed E-state index contributed by atoms with van der Waals surface area (Å²) in [5.74, 6) is -0.800. The Morgan fingerprint density at radius 3 is 3.00 bits per heavy atom. The first-order chi connectivity index (χ1) is 9.10. The molecule has 1 aliphatic rings. The predicted octanol–water partition coefficient (Wildman–Crippen LogP) is 0.893. The van der Waals surface area contributed by atoms with E-state index in [1.54, 1.807) is 6.07 Å². The van der Waals surface area contributed by atoms with Crippen molar-refractivity contribution in [2.75, 3.05) is 26.2 Å². The van der Waals surface area contributed by atoms with Crippen LogP contribution in [-0.2, 0) is 11.3 Å². The van der Waals surface area contributed by atoms with Crippen molar-refractivity contribution in [2.24, 2.45) is 5.73 Å². The maximum Gasteiger partial charge on any atom is 0.304 e. The summed E-state index contributed by atoms with van der Waals surface area (Å²) in [6, 6.07) is 3.99. The van der Waals surface area contributed by atoms with Crippen molar-refractivity contribution in [2.45, 2.75) is 12.6 Å². The summed E-state index contributed by atoms with van der Waals surface area (Å²) in [5, 5.41) is 10.5. The second-order valence-corrected chi connectivity index (χ2v) is 4.51. The predicted molar refractivity (Wildman–Crippen MR) is 67.1 cm³/mol. The molecule has 0 radical (unpaired) electrons. The Hall–Kier alpha value is -1.57. The van der Waals surface area contributed by atoms with Crippen molar-refractivity contribution >= 4 is 5.69 Å². The van der Waals surface area contributed by atoms with Crippen molar-refractivity contribution in [1.29, 1.82) is 0 Å². The van der Waals surface area contributed by atoms with E-state index >= 15 is 0 Å². The van der Waals surface area contributed by atoms with Crippen LogP contribution in [-0.4, -0.2) is 42.2 Å². The molecular weight excluding hydrogens is 253 g/mol. The molecule has 0 bridgehead atoms. The summed E-state index contributed by atoms with van der Waals surface area (Å²) in [6.45, 7) is 3.02. The lowest BCUT2D eigenvalue weighted by Crippen LogP contribution is -2.45. The van der Waals surface area contributed by atoms with E-state index in [1.165, 1.54) is 12.1 Å². The van der Waals surface area contributed by atoms with Crippen LogP contribution in [0.1, 0.15) is 5.56 Å². The quantitative estimate of drug-likeness (QED) is 0.648. The van der Waals surface area contributed by atoms with Crippen molar-refractivity contribution in [3.05, 3.63) is 39.7 Å². The molecule has 0 amide bonds. The van der Waals surface area contributed by atoms with Gasteiger partial charge in [0.1, 0.15) is 0 Å². The summed E-state index contributed by atoms with van der Waals surface area (Å²) in [6.07, 6.45) is -0.00311. The number of hydrogen-bond donors (Lipinski definition) is 1. The van der Waals surface area contributed by atoms with Gasteiger partial charge in [0.2, 0.25) is 5.82 Å². The van der Waals surface area contributed by atoms with Gasteiger partial charge in [-0.3, -0.25) is 15.0 Å². The molecule has 0 aromatic heterocycles. The third-order valence-electron chi connectivity index (χ3n) is 3.10. The average molecular weight is 269 g/mol. The zero-order valence-corrected chi connectivity index (χ0v) is 10.4. The van der Waals surface area contributed by atoms with Crippen LogP contribution < -0.4 is 5.73 Å². The number of hydrogen-bond acceptors (Lipinski definition) is 5. The maximum atomic E-state index is 13.5. The minimum atomic E-state index is -0.800. The number of benzene rings is 1. The first-order valence-electron chi connectivity index (χ1n) is 6.07. The van der Waals surface area contributed by atoms with Gasteiger partial charge in [-0.25, -0.2) is 0 Å². The van der Waals surface area contributed by atoms with E-state index in [9.17, 15) is 14.5 Å². The van der Waals surface area contributed by atoms with E-state index in [0.717, 1.165) is 6.54 Å². The average Bonchev–Trinajstić information content (AvgIpc) is 2.38.